The molecule has 3 N–H and O–H groups in total. The number of benzene rings is 1. The van der Waals surface area contributed by atoms with Crippen LogP contribution in [-0.2, 0) is 10.3 Å². The van der Waals surface area contributed by atoms with Crippen LogP contribution in [0.15, 0.2) is 79.3 Å². The lowest BCUT2D eigenvalue weighted by Gasteiger charge is -2.16. The van der Waals surface area contributed by atoms with Crippen LogP contribution in [0.3, 0.4) is 0 Å². The molecule has 0 radical (unpaired) electrons. The summed E-state index contributed by atoms with van der Waals surface area (Å²) < 4.78 is 33.6. The fraction of sp³-hybridized carbons (Fsp3) is 0.167. The zero-order valence-electron chi connectivity index (χ0n) is 17.7. The first-order chi connectivity index (χ1) is 16.2. The molecule has 34 heavy (non-hydrogen) atoms. The van der Waals surface area contributed by atoms with Crippen molar-refractivity contribution in [2.45, 2.75) is 24.6 Å². The number of carbonyl (C=O) groups is 2. The number of pyridine rings is 2. The molecule has 1 aliphatic rings. The number of carboxylic acids is 1. The van der Waals surface area contributed by atoms with Gasteiger partial charge in [-0.2, -0.15) is 17.6 Å². The number of H-pyrrole nitrogens is 2. The second-order valence-corrected chi connectivity index (χ2v) is 7.78. The van der Waals surface area contributed by atoms with E-state index < -0.39 is 12.1 Å². The number of carbonyl (C=O) groups excluding carboxylic acids is 2. The Morgan fingerprint density at radius 2 is 1.62 bits per heavy atom. The number of aromatic amines is 2. The van der Waals surface area contributed by atoms with Crippen LogP contribution in [0.2, 0.25) is 0 Å². The van der Waals surface area contributed by atoms with Crippen molar-refractivity contribution in [1.29, 1.82) is 0 Å². The number of hydrogen-bond donors (Lipinski definition) is 2. The molecular weight excluding hydrogens is 449 g/mol. The highest BCUT2D eigenvalue weighted by atomic mass is 19.4. The van der Waals surface area contributed by atoms with E-state index in [0.29, 0.717) is 5.69 Å². The van der Waals surface area contributed by atoms with Gasteiger partial charge in [0.25, 0.3) is 11.7 Å². The minimum absolute atomic E-state index is 0.0752. The Balaban J connectivity index is 0.000000344. The summed E-state index contributed by atoms with van der Waals surface area (Å²) in [6, 6.07) is 20.1. The minimum atomic E-state index is -5.19. The van der Waals surface area contributed by atoms with Crippen molar-refractivity contribution in [3.63, 3.8) is 0 Å². The molecule has 1 aromatic carbocycles. The highest BCUT2D eigenvalue weighted by Gasteiger charge is 2.46. The molecule has 4 aromatic rings. The number of nitrogens with zero attached hydrogens (tertiary/aromatic N) is 1. The highest BCUT2D eigenvalue weighted by molar-refractivity contribution is 5.99. The fourth-order valence-corrected chi connectivity index (χ4v) is 3.66. The van der Waals surface area contributed by atoms with Crippen molar-refractivity contribution >= 4 is 17.4 Å². The van der Waals surface area contributed by atoms with Gasteiger partial charge in [-0.05, 0) is 30.5 Å². The van der Waals surface area contributed by atoms with Crippen LogP contribution in [-0.4, -0.2) is 23.0 Å². The predicted octanol–water partition coefficient (Wildman–Crippen LogP) is 1.95. The summed E-state index contributed by atoms with van der Waals surface area (Å²) in [7, 11) is 0. The quantitative estimate of drug-likeness (QED) is 0.447. The number of nitrogens with one attached hydrogen (secondary N) is 3. The Hall–Kier alpha value is -4.21. The smallest absolute Gasteiger partial charge is 0.430 e. The van der Waals surface area contributed by atoms with E-state index >= 15 is 0 Å². The van der Waals surface area contributed by atoms with Crippen LogP contribution >= 0.6 is 0 Å². The number of carboxylic acid groups (broad SMARTS) is 1. The Bertz CT molecular complexity index is 1320. The van der Waals surface area contributed by atoms with Gasteiger partial charge in [-0.15, -0.1) is 0 Å². The number of imidazole rings is 1. The summed E-state index contributed by atoms with van der Waals surface area (Å²) in [5.41, 5.74) is 3.39. The second-order valence-electron chi connectivity index (χ2n) is 7.78. The van der Waals surface area contributed by atoms with Gasteiger partial charge in [0.05, 0.1) is 17.3 Å². The van der Waals surface area contributed by atoms with E-state index in [9.17, 15) is 18.0 Å². The maximum atomic E-state index is 13.2. The van der Waals surface area contributed by atoms with Crippen LogP contribution in [0, 0.1) is 0 Å². The maximum absolute atomic E-state index is 13.2. The van der Waals surface area contributed by atoms with Crippen LogP contribution in [0.5, 0.6) is 0 Å². The Morgan fingerprint density at radius 3 is 2.21 bits per heavy atom. The summed E-state index contributed by atoms with van der Waals surface area (Å²) in [5, 5.41) is 12.1. The molecule has 1 saturated carbocycles. The Labute approximate surface area is 191 Å². The molecule has 3 aromatic heterocycles. The molecule has 0 spiro atoms. The topological polar surface area (TPSA) is 103 Å². The van der Waals surface area contributed by atoms with Gasteiger partial charge in [0.2, 0.25) is 5.69 Å². The normalized spacial score (nSPS) is 14.1. The Kier molecular flexibility index (Phi) is 6.06. The van der Waals surface area contributed by atoms with Crippen molar-refractivity contribution in [3.8, 4) is 11.4 Å². The minimum Gasteiger partial charge on any atom is -0.542 e. The monoisotopic (exact) mass is 469 g/mol. The number of halogens is 3. The highest BCUT2D eigenvalue weighted by Crippen LogP contribution is 2.45. The van der Waals surface area contributed by atoms with Gasteiger partial charge in [0, 0.05) is 12.1 Å². The number of fused-ring (bicyclic) bond motifs is 1. The molecule has 3 heterocycles. The molecule has 1 aliphatic carbocycles. The van der Waals surface area contributed by atoms with Crippen LogP contribution in [0.4, 0.5) is 13.2 Å². The predicted molar refractivity (Wildman–Crippen MR) is 112 cm³/mol. The zero-order chi connectivity index (χ0) is 24.3. The summed E-state index contributed by atoms with van der Waals surface area (Å²) in [5.74, 6) is -2.20. The van der Waals surface area contributed by atoms with Gasteiger partial charge in [-0.25, -0.2) is 9.97 Å². The summed E-state index contributed by atoms with van der Waals surface area (Å²) >= 11 is 0. The number of rotatable bonds is 4. The largest absolute Gasteiger partial charge is 0.542 e. The van der Waals surface area contributed by atoms with Crippen LogP contribution < -0.4 is 19.8 Å². The molecule has 1 fully saturated rings. The number of hydrogen-bond acceptors (Lipinski definition) is 3. The van der Waals surface area contributed by atoms with E-state index in [1.807, 2.05) is 71.5 Å². The molecule has 0 aliphatic heterocycles. The third-order valence-electron chi connectivity index (χ3n) is 5.48. The van der Waals surface area contributed by atoms with Crippen molar-refractivity contribution in [3.05, 3.63) is 90.5 Å². The summed E-state index contributed by atoms with van der Waals surface area (Å²) in [4.78, 5) is 28.3. The first-order valence-electron chi connectivity index (χ1n) is 10.4. The molecule has 7 nitrogen and oxygen atoms in total. The van der Waals surface area contributed by atoms with E-state index in [1.54, 1.807) is 0 Å². The van der Waals surface area contributed by atoms with Crippen LogP contribution in [0.25, 0.3) is 16.9 Å². The average molecular weight is 469 g/mol. The molecule has 0 atom stereocenters. The molecule has 0 unspecified atom stereocenters. The summed E-state index contributed by atoms with van der Waals surface area (Å²) in [6.07, 6.45) is 2.46. The zero-order valence-corrected chi connectivity index (χ0v) is 17.7. The lowest BCUT2D eigenvalue weighted by molar-refractivity contribution is -0.498. The number of aliphatic carboxylic acids is 1. The fourth-order valence-electron chi connectivity index (χ4n) is 3.66. The summed E-state index contributed by atoms with van der Waals surface area (Å²) in [6.45, 7) is 0. The third kappa shape index (κ3) is 4.75. The van der Waals surface area contributed by atoms with Gasteiger partial charge < -0.3 is 15.2 Å². The van der Waals surface area contributed by atoms with Gasteiger partial charge in [-0.1, -0.05) is 36.4 Å². The SMILES string of the molecule is O=C(NC1(c2ccccc2)CC1)c1[nH]c(-c2cc[nH+]cc2)[n+]2ccccc12.O=C([O-])C(F)(F)F. The molecule has 5 rings (SSSR count). The van der Waals surface area contributed by atoms with Crippen molar-refractivity contribution < 1.29 is 37.3 Å². The van der Waals surface area contributed by atoms with Crippen molar-refractivity contribution in [2.24, 2.45) is 0 Å². The van der Waals surface area contributed by atoms with E-state index in [2.05, 4.69) is 27.4 Å². The van der Waals surface area contributed by atoms with Gasteiger partial charge >= 0.3 is 6.18 Å². The van der Waals surface area contributed by atoms with Gasteiger partial charge in [0.1, 0.15) is 5.97 Å². The van der Waals surface area contributed by atoms with Gasteiger partial charge in [0.15, 0.2) is 17.9 Å². The third-order valence-corrected chi connectivity index (χ3v) is 5.48. The molecule has 1 amide bonds. The number of aromatic nitrogens is 3. The average Bonchev–Trinajstić information content (AvgIpc) is 3.51. The number of amides is 1. The van der Waals surface area contributed by atoms with Crippen molar-refractivity contribution in [1.82, 2.24) is 10.3 Å². The molecule has 0 saturated heterocycles. The van der Waals surface area contributed by atoms with E-state index in [4.69, 9.17) is 9.90 Å². The molecule has 174 valence electrons. The maximum Gasteiger partial charge on any atom is 0.430 e. The van der Waals surface area contributed by atoms with E-state index in [-0.39, 0.29) is 11.4 Å². The first kappa shape index (κ1) is 23.0. The van der Waals surface area contributed by atoms with E-state index in [1.165, 1.54) is 5.56 Å². The molecular formula is C24H20F3N4O3+. The van der Waals surface area contributed by atoms with Gasteiger partial charge in [-0.3, -0.25) is 4.79 Å². The van der Waals surface area contributed by atoms with Crippen molar-refractivity contribution in [2.75, 3.05) is 0 Å². The van der Waals surface area contributed by atoms with E-state index in [0.717, 1.165) is 29.7 Å². The Morgan fingerprint density at radius 1 is 1.00 bits per heavy atom. The standard InChI is InChI=1S/C22H18N4O.C2HF3O2/c27-21(25-22(11-12-22)17-6-2-1-3-7-17)19-18-8-4-5-15-26(18)20(24-19)16-9-13-23-14-10-16;3-2(4,5)1(6)7/h1-10,13-15H,11-12H2,(H,25,27);(H,6,7)/p+1. The second kappa shape index (κ2) is 8.97. The number of alkyl halides is 3. The molecule has 10 heteroatoms. The molecule has 0 bridgehead atoms. The lowest BCUT2D eigenvalue weighted by atomic mass is 10.0. The first-order valence-corrected chi connectivity index (χ1v) is 10.4. The van der Waals surface area contributed by atoms with Crippen LogP contribution in [0.1, 0.15) is 28.9 Å². The lowest BCUT2D eigenvalue weighted by Crippen LogP contribution is -2.37.